The Balaban J connectivity index is 0.00000392. The topological polar surface area (TPSA) is 107 Å². The second-order valence-electron chi connectivity index (χ2n) is 5.56. The minimum atomic E-state index is -0.507. The van der Waals surface area contributed by atoms with Gasteiger partial charge in [-0.15, -0.1) is 24.0 Å². The molecule has 0 unspecified atom stereocenters. The average Bonchev–Trinajstić information content (AvgIpc) is 2.71. The molecule has 0 atom stereocenters. The number of ether oxygens (including phenoxy) is 3. The number of halogens is 1. The molecule has 2 aromatic rings. The number of carbonyl (C=O) groups is 1. The molecule has 28 heavy (non-hydrogen) atoms. The highest BCUT2D eigenvalue weighted by Crippen LogP contribution is 2.27. The summed E-state index contributed by atoms with van der Waals surface area (Å²) in [6.07, 6.45) is -0.507. The second kappa shape index (κ2) is 11.9. The van der Waals surface area contributed by atoms with Gasteiger partial charge in [-0.2, -0.15) is 0 Å². The van der Waals surface area contributed by atoms with Crippen molar-refractivity contribution in [2.24, 2.45) is 10.7 Å². The van der Waals surface area contributed by atoms with E-state index in [1.807, 2.05) is 30.3 Å². The first-order valence-electron chi connectivity index (χ1n) is 8.24. The van der Waals surface area contributed by atoms with E-state index in [1.54, 1.807) is 26.4 Å². The van der Waals surface area contributed by atoms with Crippen molar-refractivity contribution >= 4 is 41.7 Å². The van der Waals surface area contributed by atoms with E-state index >= 15 is 0 Å². The lowest BCUT2D eigenvalue weighted by Gasteiger charge is -2.09. The molecule has 8 nitrogen and oxygen atoms in total. The number of hydrogen-bond acceptors (Lipinski definition) is 5. The Morgan fingerprint density at radius 2 is 1.64 bits per heavy atom. The number of hydrogen-bond donors (Lipinski definition) is 3. The standard InChI is InChI=1S/C19H24N4O4.HI/c1-25-16-9-6-14(10-17(16)26-2)12-22-18(20)21-11-13-4-7-15(8-5-13)23-19(24)27-3;/h4-10H,11-12H2,1-3H3,(H,23,24)(H3,20,21,22);1H. The molecule has 0 aromatic heterocycles. The van der Waals surface area contributed by atoms with Crippen molar-refractivity contribution in [3.8, 4) is 11.5 Å². The number of amides is 1. The van der Waals surface area contributed by atoms with Crippen LogP contribution in [0.25, 0.3) is 0 Å². The van der Waals surface area contributed by atoms with Crippen molar-refractivity contribution in [2.75, 3.05) is 26.6 Å². The number of rotatable bonds is 7. The summed E-state index contributed by atoms with van der Waals surface area (Å²) in [7, 11) is 4.50. The van der Waals surface area contributed by atoms with E-state index in [0.29, 0.717) is 36.2 Å². The van der Waals surface area contributed by atoms with Gasteiger partial charge in [0.05, 0.1) is 27.9 Å². The van der Waals surface area contributed by atoms with Gasteiger partial charge in [0, 0.05) is 12.2 Å². The molecule has 0 radical (unpaired) electrons. The molecule has 0 saturated carbocycles. The molecule has 2 rings (SSSR count). The van der Waals surface area contributed by atoms with Crippen LogP contribution in [0.3, 0.4) is 0 Å². The van der Waals surface area contributed by atoms with Crippen LogP contribution in [-0.2, 0) is 17.8 Å². The molecule has 1 amide bonds. The summed E-state index contributed by atoms with van der Waals surface area (Å²) in [6, 6.07) is 12.9. The lowest BCUT2D eigenvalue weighted by atomic mass is 10.2. The maximum atomic E-state index is 11.2. The maximum absolute atomic E-state index is 11.2. The molecular formula is C19H25IN4O4. The third-order valence-corrected chi connectivity index (χ3v) is 3.74. The normalized spacial score (nSPS) is 10.5. The van der Waals surface area contributed by atoms with E-state index in [-0.39, 0.29) is 24.0 Å². The van der Waals surface area contributed by atoms with Gasteiger partial charge in [0.15, 0.2) is 17.5 Å². The van der Waals surface area contributed by atoms with Crippen molar-refractivity contribution in [3.05, 3.63) is 53.6 Å². The van der Waals surface area contributed by atoms with Crippen LogP contribution in [0.1, 0.15) is 11.1 Å². The molecule has 0 aliphatic heterocycles. The van der Waals surface area contributed by atoms with Crippen LogP contribution in [-0.4, -0.2) is 33.4 Å². The molecular weight excluding hydrogens is 475 g/mol. The van der Waals surface area contributed by atoms with Crippen molar-refractivity contribution in [1.82, 2.24) is 5.32 Å². The fourth-order valence-corrected chi connectivity index (χ4v) is 2.28. The summed E-state index contributed by atoms with van der Waals surface area (Å²) in [5.41, 5.74) is 8.52. The van der Waals surface area contributed by atoms with Gasteiger partial charge >= 0.3 is 6.09 Å². The minimum absolute atomic E-state index is 0. The fraction of sp³-hybridized carbons (Fsp3) is 0.263. The first-order chi connectivity index (χ1) is 13.0. The Hall–Kier alpha value is -2.69. The van der Waals surface area contributed by atoms with Crippen molar-refractivity contribution < 1.29 is 19.0 Å². The molecule has 4 N–H and O–H groups in total. The SMILES string of the molecule is COC(=O)Nc1ccc(CNC(N)=NCc2ccc(OC)c(OC)c2)cc1.I. The average molecular weight is 500 g/mol. The molecule has 0 aliphatic carbocycles. The van der Waals surface area contributed by atoms with Crippen LogP contribution in [0.15, 0.2) is 47.5 Å². The predicted octanol–water partition coefficient (Wildman–Crippen LogP) is 3.10. The van der Waals surface area contributed by atoms with Crippen molar-refractivity contribution in [1.29, 1.82) is 0 Å². The molecule has 2 aromatic carbocycles. The summed E-state index contributed by atoms with van der Waals surface area (Å²) in [5, 5.41) is 5.64. The third-order valence-electron chi connectivity index (χ3n) is 3.74. The number of guanidine groups is 1. The number of anilines is 1. The first-order valence-corrected chi connectivity index (χ1v) is 8.24. The largest absolute Gasteiger partial charge is 0.493 e. The molecule has 9 heteroatoms. The summed E-state index contributed by atoms with van der Waals surface area (Å²) >= 11 is 0. The predicted molar refractivity (Wildman–Crippen MR) is 120 cm³/mol. The third kappa shape index (κ3) is 7.14. The number of benzene rings is 2. The van der Waals surface area contributed by atoms with E-state index in [0.717, 1.165) is 11.1 Å². The van der Waals surface area contributed by atoms with E-state index in [9.17, 15) is 4.79 Å². The quantitative estimate of drug-likeness (QED) is 0.307. The number of carbonyl (C=O) groups excluding carboxylic acids is 1. The lowest BCUT2D eigenvalue weighted by Crippen LogP contribution is -2.31. The highest BCUT2D eigenvalue weighted by Gasteiger charge is 2.04. The number of nitrogens with zero attached hydrogens (tertiary/aromatic N) is 1. The van der Waals surface area contributed by atoms with E-state index in [1.165, 1.54) is 7.11 Å². The molecule has 152 valence electrons. The zero-order valence-corrected chi connectivity index (χ0v) is 18.4. The lowest BCUT2D eigenvalue weighted by molar-refractivity contribution is 0.187. The van der Waals surface area contributed by atoms with E-state index in [4.69, 9.17) is 15.2 Å². The summed E-state index contributed by atoms with van der Waals surface area (Å²) in [6.45, 7) is 0.931. The van der Waals surface area contributed by atoms with Crippen LogP contribution in [0.4, 0.5) is 10.5 Å². The van der Waals surface area contributed by atoms with Crippen LogP contribution in [0.2, 0.25) is 0 Å². The Labute approximate surface area is 181 Å². The van der Waals surface area contributed by atoms with Gasteiger partial charge in [-0.25, -0.2) is 9.79 Å². The first kappa shape index (κ1) is 23.3. The molecule has 0 fully saturated rings. The van der Waals surface area contributed by atoms with Crippen LogP contribution in [0, 0.1) is 0 Å². The summed E-state index contributed by atoms with van der Waals surface area (Å²) in [5.74, 6) is 1.65. The Morgan fingerprint density at radius 1 is 1.00 bits per heavy atom. The zero-order chi connectivity index (χ0) is 19.6. The van der Waals surface area contributed by atoms with E-state index < -0.39 is 6.09 Å². The molecule has 0 aliphatic rings. The molecule has 0 bridgehead atoms. The van der Waals surface area contributed by atoms with Gasteiger partial charge in [0.25, 0.3) is 0 Å². The second-order valence-corrected chi connectivity index (χ2v) is 5.56. The van der Waals surface area contributed by atoms with E-state index in [2.05, 4.69) is 20.4 Å². The van der Waals surface area contributed by atoms with Gasteiger partial charge in [-0.3, -0.25) is 5.32 Å². The van der Waals surface area contributed by atoms with Crippen LogP contribution >= 0.6 is 24.0 Å². The van der Waals surface area contributed by atoms with Crippen LogP contribution in [0.5, 0.6) is 11.5 Å². The smallest absolute Gasteiger partial charge is 0.411 e. The summed E-state index contributed by atoms with van der Waals surface area (Å²) in [4.78, 5) is 15.5. The minimum Gasteiger partial charge on any atom is -0.493 e. The molecule has 0 heterocycles. The Morgan fingerprint density at radius 3 is 2.25 bits per heavy atom. The van der Waals surface area contributed by atoms with Gasteiger partial charge in [0.1, 0.15) is 0 Å². The highest BCUT2D eigenvalue weighted by molar-refractivity contribution is 14.0. The molecule has 0 saturated heterocycles. The fourth-order valence-electron chi connectivity index (χ4n) is 2.28. The van der Waals surface area contributed by atoms with Gasteiger partial charge in [-0.1, -0.05) is 18.2 Å². The highest BCUT2D eigenvalue weighted by atomic mass is 127. The van der Waals surface area contributed by atoms with Gasteiger partial charge in [0.2, 0.25) is 0 Å². The monoisotopic (exact) mass is 500 g/mol. The van der Waals surface area contributed by atoms with Gasteiger partial charge < -0.3 is 25.3 Å². The molecule has 0 spiro atoms. The maximum Gasteiger partial charge on any atom is 0.411 e. The Bertz CT molecular complexity index is 797. The van der Waals surface area contributed by atoms with Crippen LogP contribution < -0.4 is 25.8 Å². The Kier molecular flexibility index (Phi) is 9.93. The number of nitrogens with one attached hydrogen (secondary N) is 2. The number of nitrogens with two attached hydrogens (primary N) is 1. The zero-order valence-electron chi connectivity index (χ0n) is 16.0. The van der Waals surface area contributed by atoms with Gasteiger partial charge in [-0.05, 0) is 35.4 Å². The van der Waals surface area contributed by atoms with Crippen molar-refractivity contribution in [3.63, 3.8) is 0 Å². The number of aliphatic imine (C=N–C) groups is 1. The summed E-state index contributed by atoms with van der Waals surface area (Å²) < 4.78 is 15.0. The van der Waals surface area contributed by atoms with Crippen molar-refractivity contribution in [2.45, 2.75) is 13.1 Å². The number of methoxy groups -OCH3 is 3.